The van der Waals surface area contributed by atoms with Crippen LogP contribution in [0.1, 0.15) is 13.3 Å². The van der Waals surface area contributed by atoms with Gasteiger partial charge in [-0.05, 0) is 6.42 Å². The van der Waals surface area contributed by atoms with Crippen LogP contribution in [0.15, 0.2) is 0 Å². The number of hydroxylamine groups is 1. The average molecular weight is 204 g/mol. The molecule has 0 saturated carbocycles. The van der Waals surface area contributed by atoms with Crippen molar-refractivity contribution in [1.29, 1.82) is 0 Å². The molecule has 6 nitrogen and oxygen atoms in total. The van der Waals surface area contributed by atoms with E-state index in [1.54, 1.807) is 12.4 Å². The summed E-state index contributed by atoms with van der Waals surface area (Å²) in [6.07, 6.45) is 0.354. The fourth-order valence-electron chi connectivity index (χ4n) is 0.847. The molecule has 0 bridgehead atoms. The first-order chi connectivity index (χ1) is 6.67. The van der Waals surface area contributed by atoms with Crippen LogP contribution in [0.2, 0.25) is 0 Å². The van der Waals surface area contributed by atoms with Gasteiger partial charge in [0.05, 0.1) is 12.6 Å². The van der Waals surface area contributed by atoms with Gasteiger partial charge in [-0.2, -0.15) is 5.48 Å². The minimum atomic E-state index is -0.836. The van der Waals surface area contributed by atoms with Crippen LogP contribution in [-0.2, 0) is 14.3 Å². The Hall–Kier alpha value is -0.980. The van der Waals surface area contributed by atoms with Gasteiger partial charge in [0.15, 0.2) is 0 Å². The lowest BCUT2D eigenvalue weighted by molar-refractivity contribution is -0.140. The van der Waals surface area contributed by atoms with Crippen LogP contribution in [0.4, 0.5) is 0 Å². The van der Waals surface area contributed by atoms with Crippen LogP contribution in [0.5, 0.6) is 0 Å². The molecule has 0 aromatic rings. The number of carbonyl (C=O) groups excluding carboxylic acids is 2. The number of hydrogen-bond donors (Lipinski definition) is 3. The highest BCUT2D eigenvalue weighted by Gasteiger charge is 2.22. The second-order valence-electron chi connectivity index (χ2n) is 2.70. The summed E-state index contributed by atoms with van der Waals surface area (Å²) < 4.78 is 4.69. The van der Waals surface area contributed by atoms with Gasteiger partial charge >= 0.3 is 0 Å². The Morgan fingerprint density at radius 2 is 2.14 bits per heavy atom. The predicted octanol–water partition coefficient (Wildman–Crippen LogP) is -0.924. The topological polar surface area (TPSA) is 87.7 Å². The van der Waals surface area contributed by atoms with Crippen molar-refractivity contribution in [2.45, 2.75) is 19.4 Å². The molecular weight excluding hydrogens is 188 g/mol. The number of ketones is 1. The molecule has 0 unspecified atom stereocenters. The maximum Gasteiger partial charge on any atom is 0.289 e. The molecule has 0 saturated heterocycles. The maximum absolute atomic E-state index is 11.2. The van der Waals surface area contributed by atoms with E-state index in [1.807, 2.05) is 0 Å². The molecule has 0 spiro atoms. The highest BCUT2D eigenvalue weighted by atomic mass is 16.5. The monoisotopic (exact) mass is 204 g/mol. The summed E-state index contributed by atoms with van der Waals surface area (Å²) in [7, 11) is 1.50. The van der Waals surface area contributed by atoms with Crippen molar-refractivity contribution in [3.63, 3.8) is 0 Å². The molecule has 82 valence electrons. The molecule has 0 aliphatic heterocycles. The van der Waals surface area contributed by atoms with Gasteiger partial charge in [0.2, 0.25) is 5.78 Å². The summed E-state index contributed by atoms with van der Waals surface area (Å²) in [5, 5.41) is 10.9. The van der Waals surface area contributed by atoms with Crippen LogP contribution in [-0.4, -0.2) is 43.2 Å². The van der Waals surface area contributed by atoms with Crippen LogP contribution >= 0.6 is 0 Å². The Kier molecular flexibility index (Phi) is 6.91. The summed E-state index contributed by atoms with van der Waals surface area (Å²) in [5.74, 6) is -1.39. The molecule has 1 atom stereocenters. The van der Waals surface area contributed by atoms with Gasteiger partial charge in [-0.25, -0.2) is 0 Å². The lowest BCUT2D eigenvalue weighted by Crippen LogP contribution is -2.44. The highest BCUT2D eigenvalue weighted by Crippen LogP contribution is 1.91. The first kappa shape index (κ1) is 13.0. The first-order valence-corrected chi connectivity index (χ1v) is 4.38. The van der Waals surface area contributed by atoms with Crippen molar-refractivity contribution in [2.24, 2.45) is 0 Å². The summed E-state index contributed by atoms with van der Waals surface area (Å²) in [5.41, 5.74) is 1.78. The van der Waals surface area contributed by atoms with Crippen molar-refractivity contribution >= 4 is 11.7 Å². The molecule has 6 heteroatoms. The molecule has 0 aromatic heterocycles. The molecule has 0 fully saturated rings. The summed E-state index contributed by atoms with van der Waals surface area (Å²) in [4.78, 5) is 22.3. The molecular formula is C8H16N2O4. The molecule has 0 radical (unpaired) electrons. The van der Waals surface area contributed by atoms with Gasteiger partial charge in [-0.15, -0.1) is 0 Å². The van der Waals surface area contributed by atoms with E-state index in [9.17, 15) is 9.59 Å². The van der Waals surface area contributed by atoms with E-state index in [0.717, 1.165) is 0 Å². The minimum absolute atomic E-state index is 0.281. The molecule has 14 heavy (non-hydrogen) atoms. The van der Waals surface area contributed by atoms with E-state index in [1.165, 1.54) is 7.11 Å². The van der Waals surface area contributed by atoms with Crippen LogP contribution in [0.25, 0.3) is 0 Å². The molecule has 3 N–H and O–H groups in total. The zero-order valence-corrected chi connectivity index (χ0v) is 8.37. The largest absolute Gasteiger partial charge is 0.383 e. The number of hydrogen-bond acceptors (Lipinski definition) is 5. The molecule has 1 amide bonds. The van der Waals surface area contributed by atoms with Gasteiger partial charge in [0.25, 0.3) is 5.91 Å². The molecule has 0 aliphatic carbocycles. The first-order valence-electron chi connectivity index (χ1n) is 4.38. The smallest absolute Gasteiger partial charge is 0.289 e. The Bertz CT molecular complexity index is 192. The Balaban J connectivity index is 3.91. The number of carbonyl (C=O) groups is 2. The van der Waals surface area contributed by atoms with Crippen LogP contribution in [0, 0.1) is 0 Å². The Morgan fingerprint density at radius 3 is 2.57 bits per heavy atom. The van der Waals surface area contributed by atoms with E-state index in [-0.39, 0.29) is 6.54 Å². The summed E-state index contributed by atoms with van der Waals surface area (Å²) in [6, 6.07) is -0.836. The van der Waals surface area contributed by atoms with Crippen molar-refractivity contribution in [3.05, 3.63) is 0 Å². The van der Waals surface area contributed by atoms with E-state index in [0.29, 0.717) is 13.0 Å². The van der Waals surface area contributed by atoms with Crippen LogP contribution < -0.4 is 10.8 Å². The second-order valence-corrected chi connectivity index (χ2v) is 2.70. The molecule has 0 heterocycles. The maximum atomic E-state index is 11.2. The summed E-state index contributed by atoms with van der Waals surface area (Å²) >= 11 is 0. The van der Waals surface area contributed by atoms with Gasteiger partial charge in [-0.1, -0.05) is 6.92 Å². The lowest BCUT2D eigenvalue weighted by Gasteiger charge is -2.10. The SMILES string of the molecule is CC[C@H](NO)C(=O)C(=O)NCCOC. The van der Waals surface area contributed by atoms with Gasteiger partial charge in [0, 0.05) is 13.7 Å². The fraction of sp³-hybridized carbons (Fsp3) is 0.750. The van der Waals surface area contributed by atoms with E-state index in [2.05, 4.69) is 5.32 Å². The lowest BCUT2D eigenvalue weighted by atomic mass is 10.1. The standard InChI is InChI=1S/C8H16N2O4/c1-3-6(10-13)7(11)8(12)9-4-5-14-2/h6,10,13H,3-5H2,1-2H3,(H,9,12)/t6-/m0/s1. The third-order valence-corrected chi connectivity index (χ3v) is 1.70. The van der Waals surface area contributed by atoms with Crippen molar-refractivity contribution in [3.8, 4) is 0 Å². The van der Waals surface area contributed by atoms with E-state index < -0.39 is 17.7 Å². The average Bonchev–Trinajstić information content (AvgIpc) is 2.19. The molecule has 0 rings (SSSR count). The van der Waals surface area contributed by atoms with Crippen LogP contribution in [0.3, 0.4) is 0 Å². The quantitative estimate of drug-likeness (QED) is 0.283. The number of methoxy groups -OCH3 is 1. The Labute approximate surface area is 82.6 Å². The van der Waals surface area contributed by atoms with Gasteiger partial charge in [-0.3, -0.25) is 9.59 Å². The summed E-state index contributed by atoms with van der Waals surface area (Å²) in [6.45, 7) is 2.32. The predicted molar refractivity (Wildman–Crippen MR) is 48.9 cm³/mol. The zero-order chi connectivity index (χ0) is 11.0. The van der Waals surface area contributed by atoms with E-state index in [4.69, 9.17) is 9.94 Å². The number of rotatable bonds is 7. The number of amides is 1. The third kappa shape index (κ3) is 4.31. The Morgan fingerprint density at radius 1 is 1.50 bits per heavy atom. The molecule has 0 aromatic carbocycles. The van der Waals surface area contributed by atoms with Crippen molar-refractivity contribution < 1.29 is 19.5 Å². The van der Waals surface area contributed by atoms with E-state index >= 15 is 0 Å². The van der Waals surface area contributed by atoms with Gasteiger partial charge < -0.3 is 15.3 Å². The molecule has 0 aliphatic rings. The third-order valence-electron chi connectivity index (χ3n) is 1.70. The van der Waals surface area contributed by atoms with Gasteiger partial charge in [0.1, 0.15) is 0 Å². The fourth-order valence-corrected chi connectivity index (χ4v) is 0.847. The number of nitrogens with one attached hydrogen (secondary N) is 2. The number of ether oxygens (including phenoxy) is 1. The highest BCUT2D eigenvalue weighted by molar-refractivity contribution is 6.38. The van der Waals surface area contributed by atoms with Crippen molar-refractivity contribution in [1.82, 2.24) is 10.8 Å². The second kappa shape index (κ2) is 7.43. The van der Waals surface area contributed by atoms with Crippen molar-refractivity contribution in [2.75, 3.05) is 20.3 Å². The normalized spacial score (nSPS) is 12.2. The zero-order valence-electron chi connectivity index (χ0n) is 8.37. The minimum Gasteiger partial charge on any atom is -0.383 e. The number of Topliss-reactive ketones (excluding diaryl/α,β-unsaturated/α-hetero) is 1.